The Morgan fingerprint density at radius 1 is 0.559 bits per heavy atom. The molecule has 3 aliphatic rings. The standard InChI is InChI=1S/C80H113N23O22S4.Fe.2Na.4H2O/c1-32(2)59(83)77(121)89-47(19-24-55(110)111)72(116)88-45(15-13-14-26-81)71(115)92-50-29-126-128-41(12)58-37(8)65-101-68(58)99-63-35(6)44(17-23-54(108)109)67(98-63)103-66-43(16-22-53(106)107)34(5)62(97-66)96-64-36(7)57(69(100-64)102-65)40(11)129-127-30-51(93-73(117)46(18-21-52(82)105)87-70(114)38(9)86-75(50)119)76(120)91-49(27-42-28-84-31-85-42)74(118)95-61(39(10)104)79(123)94-60(33(3)4)78(122)90-48(80(124)125)20-25-56(112)113;;;;;;;/h28,31-33,38-41,45-51,59-61,104H,13-27,29-30,81,83H2,1-12H3,(H20,82,84,85,86,87,88,89,90,91,92,93,94,95,96,97,98,99,100,101,102,103,105,106,107,108,109,110,111,112,113,114,115,116,117,118,119,120,121,122,123,124,125);;;;4*1H2/q;+2;2*+1;;;;/p-4/t38-,39+,40?,41?,45-,46-,47-,48-,49-,50-,51-,59-,60-,61-;;;;;;;/m0......./s1. The van der Waals surface area contributed by atoms with E-state index in [4.69, 9.17) is 57.1 Å². The number of nitrogens with one attached hydrogen (secondary N) is 11. The van der Waals surface area contributed by atoms with Gasteiger partial charge in [0.15, 0.2) is 0 Å². The van der Waals surface area contributed by atoms with Crippen molar-refractivity contribution in [3.05, 3.63) is 63.8 Å². The van der Waals surface area contributed by atoms with Crippen LogP contribution >= 0.6 is 43.2 Å². The molecule has 49 nitrogen and oxygen atoms in total. The van der Waals surface area contributed by atoms with E-state index >= 15 is 19.2 Å². The molecule has 56 heteroatoms. The van der Waals surface area contributed by atoms with Gasteiger partial charge in [-0.15, -0.1) is 0 Å². The van der Waals surface area contributed by atoms with E-state index in [9.17, 15) is 88.2 Å². The number of unbranched alkanes of at least 4 members (excludes halogenated alkanes) is 1. The van der Waals surface area contributed by atoms with Crippen LogP contribution in [0.2, 0.25) is 0 Å². The van der Waals surface area contributed by atoms with Gasteiger partial charge in [-0.3, -0.25) is 62.3 Å². The van der Waals surface area contributed by atoms with Crippen LogP contribution in [0.5, 0.6) is 0 Å². The number of primary amides is 1. The van der Waals surface area contributed by atoms with Crippen molar-refractivity contribution in [2.24, 2.45) is 29.0 Å². The number of fused-ring (bicyclic) bond motifs is 7. The van der Waals surface area contributed by atoms with Gasteiger partial charge in [-0.1, -0.05) is 70.9 Å². The number of nitrogens with two attached hydrogens (primary N) is 3. The van der Waals surface area contributed by atoms with Crippen molar-refractivity contribution in [3.8, 4) is 0 Å². The molecular formula is C80H117FeN23Na2O26S4. The number of imidazole rings is 1. The Hall–Kier alpha value is -9.31. The largest absolute Gasteiger partial charge is 2.00 e. The quantitative estimate of drug-likeness (QED) is 0.0112. The zero-order valence-corrected chi connectivity index (χ0v) is 85.7. The van der Waals surface area contributed by atoms with E-state index in [-0.39, 0.29) is 188 Å². The van der Waals surface area contributed by atoms with Crippen LogP contribution in [0.3, 0.4) is 0 Å². The summed E-state index contributed by atoms with van der Waals surface area (Å²) >= 11 is 0. The number of hydrogen-bond donors (Lipinski definition) is 18. The molecule has 0 aliphatic carbocycles. The van der Waals surface area contributed by atoms with Gasteiger partial charge in [-0.05, 0) is 183 Å². The third-order valence-corrected chi connectivity index (χ3v) is 26.6. The number of amides is 11. The minimum Gasteiger partial charge on any atom is -0.550 e. The first-order valence-electron chi connectivity index (χ1n) is 41.4. The summed E-state index contributed by atoms with van der Waals surface area (Å²) in [6.45, 7) is 18.8. The first kappa shape index (κ1) is 127. The van der Waals surface area contributed by atoms with Crippen molar-refractivity contribution in [2.45, 2.75) is 256 Å². The summed E-state index contributed by atoms with van der Waals surface area (Å²) < 4.78 is 0. The summed E-state index contributed by atoms with van der Waals surface area (Å²) in [5.74, 6) is -20.7. The van der Waals surface area contributed by atoms with Crippen LogP contribution < -0.4 is 150 Å². The molecule has 7 heterocycles. The molecule has 742 valence electrons. The molecule has 0 saturated carbocycles. The second-order valence-corrected chi connectivity index (χ2v) is 37.2. The molecule has 4 aromatic rings. The maximum absolute atomic E-state index is 15.5. The van der Waals surface area contributed by atoms with Crippen LogP contribution in [0, 0.1) is 25.7 Å². The van der Waals surface area contributed by atoms with Crippen molar-refractivity contribution in [2.75, 3.05) is 18.1 Å². The predicted molar refractivity (Wildman–Crippen MR) is 484 cm³/mol. The number of aromatic nitrogens is 10. The number of aliphatic carboxylic acids is 5. The van der Waals surface area contributed by atoms with Gasteiger partial charge < -0.3 is 167 Å². The zero-order chi connectivity index (χ0) is 95.7. The van der Waals surface area contributed by atoms with Gasteiger partial charge in [-0.25, -0.2) is 19.7 Å². The van der Waals surface area contributed by atoms with Gasteiger partial charge in [0.25, 0.3) is 0 Å². The molecule has 3 aliphatic heterocycles. The predicted octanol–water partition coefficient (Wildman–Crippen LogP) is -12.2. The number of aliphatic hydroxyl groups excluding tert-OH is 1. The van der Waals surface area contributed by atoms with E-state index in [0.29, 0.717) is 51.0 Å². The summed E-state index contributed by atoms with van der Waals surface area (Å²) in [7, 11) is 4.23. The molecule has 0 fully saturated rings. The Kier molecular flexibility index (Phi) is 55.8. The number of aryl methyl sites for hydroxylation is 3. The van der Waals surface area contributed by atoms with Crippen molar-refractivity contribution >= 4 is 183 Å². The normalized spacial score (nSPS) is 18.1. The van der Waals surface area contributed by atoms with E-state index < -0.39 is 253 Å². The van der Waals surface area contributed by atoms with E-state index in [0.717, 1.165) is 50.1 Å². The fraction of sp³-hybridized carbons (Fsp3) is 0.562. The summed E-state index contributed by atoms with van der Waals surface area (Å²) in [4.78, 5) is 265. The molecule has 14 atom stereocenters. The van der Waals surface area contributed by atoms with E-state index in [1.165, 1.54) is 33.3 Å². The minimum absolute atomic E-state index is 0. The number of carboxylic acid groups (broad SMARTS) is 5. The molecule has 2 unspecified atom stereocenters. The number of rotatable bonds is 39. The van der Waals surface area contributed by atoms with Crippen LogP contribution in [0.25, 0.3) is 44.9 Å². The molecule has 0 saturated heterocycles. The summed E-state index contributed by atoms with van der Waals surface area (Å²) in [6, 6.07) is -18.2. The maximum Gasteiger partial charge on any atom is 2.00 e. The zero-order valence-electron chi connectivity index (χ0n) is 77.3. The molecule has 4 aromatic heterocycles. The monoisotopic (exact) mass is 2050 g/mol. The fourth-order valence-electron chi connectivity index (χ4n) is 13.5. The van der Waals surface area contributed by atoms with Gasteiger partial charge in [-0.2, -0.15) is 0 Å². The van der Waals surface area contributed by atoms with Crippen molar-refractivity contribution in [1.29, 1.82) is 0 Å². The molecular weight excluding hydrogens is 1930 g/mol. The smallest absolute Gasteiger partial charge is 0.550 e. The van der Waals surface area contributed by atoms with Gasteiger partial charge >= 0.3 is 94.1 Å². The Balaban J connectivity index is 0.0000260. The van der Waals surface area contributed by atoms with Gasteiger partial charge in [0.1, 0.15) is 60.4 Å². The number of H-pyrrole nitrogens is 1. The number of hydrogen-bond acceptors (Lipinski definition) is 32. The number of carbonyl (C=O) groups is 16. The number of carboxylic acids is 5. The topological polar surface area (TPSA) is 859 Å². The van der Waals surface area contributed by atoms with Crippen LogP contribution in [0.15, 0.2) is 12.5 Å². The SMILES string of the molecule is CC1=C(CCC(=O)[O-])c2nc1nc1[n-]c3nc4nc(nc5[n-]c(n2)c(CCC(=O)[O-])c5C)C(=C4C)C(C)SSC[C@H](NC(=O)[C@H](CCCCN)NC(=O)[C@H](CCC(=O)O)NC(=O)[C@@H](N)C(C)C)C(=O)N[C@@H](C)C(=O)N[C@@H](CCC(N)=O)C(=O)N[C@H](C(=O)N[C@@H](Cc2c[nH]cn2)C(=O)N[C@H](C(=O)N[C@H](C(=O)N[C@@H](CCC(=O)O)C(=O)O)C(C)C)[C@@H](C)O)CSSC(C)c3c1C.O.O.O.O.[Fe+2].[Na+].[Na+]. The van der Waals surface area contributed by atoms with Crippen molar-refractivity contribution in [1.82, 2.24) is 103 Å². The molecule has 0 spiro atoms. The Morgan fingerprint density at radius 3 is 1.67 bits per heavy atom. The summed E-state index contributed by atoms with van der Waals surface area (Å²) in [5.41, 5.74) is 20.7. The van der Waals surface area contributed by atoms with Gasteiger partial charge in [0.05, 0.1) is 47.5 Å². The molecule has 136 heavy (non-hydrogen) atoms. The molecule has 11 amide bonds. The fourth-order valence-corrected chi connectivity index (χ4v) is 18.7. The first-order chi connectivity index (χ1) is 60.8. The average Bonchev–Trinajstić information content (AvgIpc) is 1.61. The summed E-state index contributed by atoms with van der Waals surface area (Å²) in [6.07, 6.45) is -4.06. The van der Waals surface area contributed by atoms with Crippen LogP contribution in [0.1, 0.15) is 203 Å². The third kappa shape index (κ3) is 36.8. The molecule has 0 aromatic carbocycles. The van der Waals surface area contributed by atoms with Crippen LogP contribution in [-0.2, 0) is 107 Å². The molecule has 29 N–H and O–H groups in total. The minimum atomic E-state index is -1.94. The Morgan fingerprint density at radius 2 is 1.09 bits per heavy atom. The number of allylic oxidation sites excluding steroid dienone is 3. The second kappa shape index (κ2) is 59.9. The second-order valence-electron chi connectivity index (χ2n) is 31.7. The first-order valence-corrected chi connectivity index (χ1v) is 46.1. The van der Waals surface area contributed by atoms with Crippen molar-refractivity contribution in [3.63, 3.8) is 0 Å². The number of aromatic amines is 1. The van der Waals surface area contributed by atoms with E-state index in [1.54, 1.807) is 55.4 Å². The van der Waals surface area contributed by atoms with Gasteiger partial charge in [0, 0.05) is 88.4 Å². The van der Waals surface area contributed by atoms with Crippen molar-refractivity contribution < 1.29 is 205 Å². The molecule has 7 rings (SSSR count). The third-order valence-electron chi connectivity index (χ3n) is 21.0. The van der Waals surface area contributed by atoms with E-state index in [2.05, 4.69) is 63.1 Å². The van der Waals surface area contributed by atoms with E-state index in [1.807, 2.05) is 0 Å². The number of nitrogens with zero attached hydrogens (tertiary/aromatic N) is 9. The average molecular weight is 2050 g/mol. The van der Waals surface area contributed by atoms with Crippen LogP contribution in [0.4, 0.5) is 0 Å². The molecule has 9 bridgehead atoms. The maximum atomic E-state index is 15.5. The Labute approximate surface area is 851 Å². The van der Waals surface area contributed by atoms with Gasteiger partial charge in [0.2, 0.25) is 65.0 Å². The summed E-state index contributed by atoms with van der Waals surface area (Å²) in [5, 5.41) is 87.9. The van der Waals surface area contributed by atoms with Crippen LogP contribution in [-0.4, -0.2) is 273 Å². The molecule has 0 radical (unpaired) electrons. The Bertz CT molecular complexity index is 5130. The number of carbonyl (C=O) groups excluding carboxylic acids is 13. The number of aliphatic hydroxyl groups is 1.